The van der Waals surface area contributed by atoms with Gasteiger partial charge in [-0.2, -0.15) is 8.42 Å². The fraction of sp³-hybridized carbons (Fsp3) is 0.125. The smallest absolute Gasteiger partial charge is 0.268 e. The van der Waals surface area contributed by atoms with Crippen LogP contribution in [0.4, 0.5) is 0 Å². The van der Waals surface area contributed by atoms with E-state index in [0.717, 1.165) is 0 Å². The Morgan fingerprint density at radius 3 is 2.50 bits per heavy atom. The molecule has 0 bridgehead atoms. The molecule has 1 aromatic carbocycles. The van der Waals surface area contributed by atoms with Crippen molar-refractivity contribution in [1.82, 2.24) is 4.31 Å². The number of carbonyl (C=O) groups is 1. The summed E-state index contributed by atoms with van der Waals surface area (Å²) in [7, 11) is -3.94. The molecule has 2 N–H and O–H groups in total. The first-order chi connectivity index (χ1) is 6.50. The molecule has 2 rings (SSSR count). The van der Waals surface area contributed by atoms with Crippen molar-refractivity contribution < 1.29 is 13.2 Å². The van der Waals surface area contributed by atoms with E-state index in [1.165, 1.54) is 0 Å². The van der Waals surface area contributed by atoms with Gasteiger partial charge in [0.15, 0.2) is 0 Å². The number of nitrogens with zero attached hydrogens (tertiary/aromatic N) is 1. The van der Waals surface area contributed by atoms with Gasteiger partial charge >= 0.3 is 10.2 Å². The van der Waals surface area contributed by atoms with E-state index in [0.29, 0.717) is 15.4 Å². The Kier molecular flexibility index (Phi) is 1.83. The summed E-state index contributed by atoms with van der Waals surface area (Å²) in [5.41, 5.74) is 1.09. The van der Waals surface area contributed by atoms with Crippen molar-refractivity contribution in [1.29, 1.82) is 0 Å². The van der Waals surface area contributed by atoms with E-state index in [1.54, 1.807) is 24.3 Å². The minimum absolute atomic E-state index is 0.0356. The number of hydrogen-bond donors (Lipinski definition) is 1. The van der Waals surface area contributed by atoms with E-state index in [4.69, 9.17) is 5.14 Å². The second-order valence-electron chi connectivity index (χ2n) is 3.01. The fourth-order valence-corrected chi connectivity index (χ4v) is 2.08. The molecular formula is C8H8N2O3S. The normalized spacial score (nSPS) is 15.8. The van der Waals surface area contributed by atoms with Crippen LogP contribution in [0.3, 0.4) is 0 Å². The predicted molar refractivity (Wildman–Crippen MR) is 49.4 cm³/mol. The third-order valence-corrected chi connectivity index (χ3v) is 3.00. The molecule has 1 aliphatic heterocycles. The lowest BCUT2D eigenvalue weighted by Crippen LogP contribution is -2.36. The Morgan fingerprint density at radius 1 is 1.29 bits per heavy atom. The summed E-state index contributed by atoms with van der Waals surface area (Å²) in [5, 5.41) is 4.89. The molecule has 0 spiro atoms. The molecule has 0 radical (unpaired) electrons. The van der Waals surface area contributed by atoms with Crippen LogP contribution in [-0.2, 0) is 16.8 Å². The average Bonchev–Trinajstić information content (AvgIpc) is 2.44. The first-order valence-electron chi connectivity index (χ1n) is 3.93. The SMILES string of the molecule is NS(=O)(=O)N1Cc2ccccc2C1=O. The van der Waals surface area contributed by atoms with Crippen LogP contribution in [-0.4, -0.2) is 18.6 Å². The quantitative estimate of drug-likeness (QED) is 0.702. The molecule has 0 aromatic heterocycles. The van der Waals surface area contributed by atoms with Gasteiger partial charge in [0.05, 0.1) is 6.54 Å². The zero-order valence-electron chi connectivity index (χ0n) is 7.17. The maximum atomic E-state index is 11.5. The van der Waals surface area contributed by atoms with E-state index in [2.05, 4.69) is 0 Å². The Labute approximate surface area is 81.3 Å². The van der Waals surface area contributed by atoms with Gasteiger partial charge in [-0.25, -0.2) is 9.44 Å². The lowest BCUT2D eigenvalue weighted by atomic mass is 10.1. The molecule has 74 valence electrons. The van der Waals surface area contributed by atoms with Crippen molar-refractivity contribution in [3.05, 3.63) is 35.4 Å². The van der Waals surface area contributed by atoms with Crippen LogP contribution in [0.5, 0.6) is 0 Å². The minimum atomic E-state index is -3.94. The molecule has 0 aliphatic carbocycles. The number of hydrogen-bond acceptors (Lipinski definition) is 3. The van der Waals surface area contributed by atoms with Crippen molar-refractivity contribution >= 4 is 16.1 Å². The highest BCUT2D eigenvalue weighted by molar-refractivity contribution is 7.87. The molecule has 1 aromatic rings. The summed E-state index contributed by atoms with van der Waals surface area (Å²) < 4.78 is 22.7. The maximum absolute atomic E-state index is 11.5. The minimum Gasteiger partial charge on any atom is -0.268 e. The van der Waals surface area contributed by atoms with Crippen molar-refractivity contribution in [2.24, 2.45) is 5.14 Å². The van der Waals surface area contributed by atoms with E-state index in [1.807, 2.05) is 0 Å². The van der Waals surface area contributed by atoms with E-state index in [-0.39, 0.29) is 6.54 Å². The third kappa shape index (κ3) is 1.28. The fourth-order valence-electron chi connectivity index (χ4n) is 1.43. The summed E-state index contributed by atoms with van der Waals surface area (Å²) in [5.74, 6) is -0.553. The number of carbonyl (C=O) groups excluding carboxylic acids is 1. The van der Waals surface area contributed by atoms with Crippen LogP contribution < -0.4 is 5.14 Å². The van der Waals surface area contributed by atoms with Crippen LogP contribution >= 0.6 is 0 Å². The van der Waals surface area contributed by atoms with Gasteiger partial charge in [0, 0.05) is 5.56 Å². The number of amides is 1. The predicted octanol–water partition coefficient (Wildman–Crippen LogP) is -0.154. The van der Waals surface area contributed by atoms with Gasteiger partial charge in [0.1, 0.15) is 0 Å². The van der Waals surface area contributed by atoms with Gasteiger partial charge in [0.25, 0.3) is 5.91 Å². The zero-order valence-corrected chi connectivity index (χ0v) is 7.99. The summed E-state index contributed by atoms with van der Waals surface area (Å²) in [6.07, 6.45) is 0. The van der Waals surface area contributed by atoms with Crippen LogP contribution in [0.25, 0.3) is 0 Å². The highest BCUT2D eigenvalue weighted by Crippen LogP contribution is 2.23. The third-order valence-electron chi connectivity index (χ3n) is 2.10. The molecular weight excluding hydrogens is 204 g/mol. The Morgan fingerprint density at radius 2 is 1.93 bits per heavy atom. The van der Waals surface area contributed by atoms with Crippen molar-refractivity contribution in [2.75, 3.05) is 0 Å². The topological polar surface area (TPSA) is 80.5 Å². The van der Waals surface area contributed by atoms with Gasteiger partial charge in [-0.05, 0) is 11.6 Å². The van der Waals surface area contributed by atoms with E-state index in [9.17, 15) is 13.2 Å². The molecule has 14 heavy (non-hydrogen) atoms. The molecule has 1 aliphatic rings. The summed E-state index contributed by atoms with van der Waals surface area (Å²) in [6, 6.07) is 6.73. The highest BCUT2D eigenvalue weighted by Gasteiger charge is 2.33. The van der Waals surface area contributed by atoms with Crippen LogP contribution in [0.1, 0.15) is 15.9 Å². The molecule has 0 saturated heterocycles. The van der Waals surface area contributed by atoms with Gasteiger partial charge in [-0.15, -0.1) is 0 Å². The van der Waals surface area contributed by atoms with Crippen molar-refractivity contribution in [3.8, 4) is 0 Å². The second kappa shape index (κ2) is 2.79. The van der Waals surface area contributed by atoms with Crippen molar-refractivity contribution in [3.63, 3.8) is 0 Å². The molecule has 5 nitrogen and oxygen atoms in total. The molecule has 1 amide bonds. The van der Waals surface area contributed by atoms with Gasteiger partial charge < -0.3 is 0 Å². The molecule has 0 atom stereocenters. The molecule has 0 saturated carbocycles. The zero-order chi connectivity index (χ0) is 10.3. The Hall–Kier alpha value is -1.40. The molecule has 6 heteroatoms. The molecule has 0 fully saturated rings. The lowest BCUT2D eigenvalue weighted by Gasteiger charge is -2.10. The van der Waals surface area contributed by atoms with Crippen LogP contribution in [0, 0.1) is 0 Å². The first kappa shape index (κ1) is 9.17. The maximum Gasteiger partial charge on any atom is 0.301 e. The van der Waals surface area contributed by atoms with Gasteiger partial charge in [0.2, 0.25) is 0 Å². The largest absolute Gasteiger partial charge is 0.301 e. The van der Waals surface area contributed by atoms with E-state index < -0.39 is 16.1 Å². The highest BCUT2D eigenvalue weighted by atomic mass is 32.2. The number of benzene rings is 1. The number of fused-ring (bicyclic) bond motifs is 1. The van der Waals surface area contributed by atoms with Crippen LogP contribution in [0.2, 0.25) is 0 Å². The average molecular weight is 212 g/mol. The van der Waals surface area contributed by atoms with Gasteiger partial charge in [-0.1, -0.05) is 18.2 Å². The first-order valence-corrected chi connectivity index (χ1v) is 5.43. The van der Waals surface area contributed by atoms with Gasteiger partial charge in [-0.3, -0.25) is 4.79 Å². The second-order valence-corrected chi connectivity index (χ2v) is 4.48. The molecule has 1 heterocycles. The summed E-state index contributed by atoms with van der Waals surface area (Å²) in [4.78, 5) is 11.5. The standard InChI is InChI=1S/C8H8N2O3S/c9-14(12,13)10-5-6-3-1-2-4-7(6)8(10)11/h1-4H,5H2,(H2,9,12,13). The Balaban J connectivity index is 2.50. The Bertz CT molecular complexity index is 495. The van der Waals surface area contributed by atoms with Crippen LogP contribution in [0.15, 0.2) is 24.3 Å². The lowest BCUT2D eigenvalue weighted by molar-refractivity contribution is 0.0879. The monoisotopic (exact) mass is 212 g/mol. The number of rotatable bonds is 1. The number of nitrogens with two attached hydrogens (primary N) is 1. The summed E-state index contributed by atoms with van der Waals surface area (Å²) in [6.45, 7) is 0.0356. The van der Waals surface area contributed by atoms with Crippen molar-refractivity contribution in [2.45, 2.75) is 6.54 Å². The summed E-state index contributed by atoms with van der Waals surface area (Å²) >= 11 is 0. The van der Waals surface area contributed by atoms with E-state index >= 15 is 0 Å². The molecule has 0 unspecified atom stereocenters.